The lowest BCUT2D eigenvalue weighted by molar-refractivity contribution is -0.136. The van der Waals surface area contributed by atoms with Gasteiger partial charge in [0.2, 0.25) is 5.91 Å². The second kappa shape index (κ2) is 14.5. The highest BCUT2D eigenvalue weighted by Crippen LogP contribution is 2.29. The van der Waals surface area contributed by atoms with Gasteiger partial charge in [-0.05, 0) is 89.5 Å². The summed E-state index contributed by atoms with van der Waals surface area (Å²) in [7, 11) is 0. The zero-order valence-corrected chi connectivity index (χ0v) is 27.2. The number of hydrogen-bond donors (Lipinski definition) is 1. The van der Waals surface area contributed by atoms with Gasteiger partial charge in [-0.3, -0.25) is 9.69 Å². The minimum absolute atomic E-state index is 0. The van der Waals surface area contributed by atoms with Crippen molar-refractivity contribution in [1.82, 2.24) is 14.7 Å². The topological polar surface area (TPSA) is 52.8 Å². The Morgan fingerprint density at radius 3 is 2.40 bits per heavy atom. The number of benzene rings is 3. The van der Waals surface area contributed by atoms with Gasteiger partial charge >= 0.3 is 0 Å². The largest absolute Gasteiger partial charge is 0.339 e. The van der Waals surface area contributed by atoms with Crippen molar-refractivity contribution in [2.24, 2.45) is 11.7 Å². The van der Waals surface area contributed by atoms with E-state index in [4.69, 9.17) is 17.3 Å². The van der Waals surface area contributed by atoms with E-state index in [0.717, 1.165) is 76.6 Å². The number of amides is 1. The maximum Gasteiger partial charge on any atom is 0.239 e. The maximum atomic E-state index is 13.4. The molecular weight excluding hydrogens is 628 g/mol. The first kappa shape index (κ1) is 31.2. The Bertz CT molecular complexity index is 1460. The van der Waals surface area contributed by atoms with E-state index in [9.17, 15) is 4.79 Å². The average molecular weight is 668 g/mol. The third kappa shape index (κ3) is 7.26. The SMILES string of the molecule is Br.NC(C(=O)N1CCN(Cc2cccc3ccsc23)CC1)C1CCN(CCc2cc(Cl)ccc2-c2ccccc2)CC1. The van der Waals surface area contributed by atoms with Crippen LogP contribution in [-0.2, 0) is 17.8 Å². The Labute approximate surface area is 269 Å². The van der Waals surface area contributed by atoms with E-state index < -0.39 is 6.04 Å². The lowest BCUT2D eigenvalue weighted by atomic mass is 9.88. The Morgan fingerprint density at radius 1 is 0.881 bits per heavy atom. The van der Waals surface area contributed by atoms with E-state index in [1.165, 1.54) is 32.3 Å². The Balaban J connectivity index is 0.00000353. The lowest BCUT2D eigenvalue weighted by Gasteiger charge is -2.39. The third-order valence-corrected chi connectivity index (χ3v) is 10.2. The van der Waals surface area contributed by atoms with E-state index >= 15 is 0 Å². The number of piperidine rings is 1. The van der Waals surface area contributed by atoms with Crippen molar-refractivity contribution in [2.75, 3.05) is 45.8 Å². The average Bonchev–Trinajstić information content (AvgIpc) is 3.51. The molecule has 2 fully saturated rings. The normalized spacial score (nSPS) is 17.7. The molecule has 1 aromatic heterocycles. The summed E-state index contributed by atoms with van der Waals surface area (Å²) < 4.78 is 1.38. The van der Waals surface area contributed by atoms with E-state index in [-0.39, 0.29) is 28.8 Å². The fourth-order valence-corrected chi connectivity index (χ4v) is 7.54. The van der Waals surface area contributed by atoms with Gasteiger partial charge < -0.3 is 15.5 Å². The van der Waals surface area contributed by atoms with Gasteiger partial charge in [0.1, 0.15) is 0 Å². The van der Waals surface area contributed by atoms with Crippen molar-refractivity contribution in [2.45, 2.75) is 31.8 Å². The van der Waals surface area contributed by atoms with E-state index in [1.54, 1.807) is 0 Å². The molecule has 1 unspecified atom stereocenters. The standard InChI is InChI=1S/C34H39ClN4OS.BrH/c35-30-9-10-31(25-5-2-1-3-6-25)28(23-30)13-17-37-15-11-26(12-16-37)32(36)34(40)39-20-18-38(19-21-39)24-29-8-4-7-27-14-22-41-33(27)29;/h1-10,14,22-23,26,32H,11-13,15-21,24,36H2;1H. The number of halogens is 2. The number of nitrogens with two attached hydrogens (primary N) is 1. The van der Waals surface area contributed by atoms with Crippen LogP contribution < -0.4 is 5.73 Å². The van der Waals surface area contributed by atoms with Crippen LogP contribution in [0, 0.1) is 5.92 Å². The molecule has 1 atom stereocenters. The summed E-state index contributed by atoms with van der Waals surface area (Å²) in [5.41, 5.74) is 11.7. The quantitative estimate of drug-likeness (QED) is 0.227. The van der Waals surface area contributed by atoms with Crippen LogP contribution in [0.3, 0.4) is 0 Å². The first-order valence-electron chi connectivity index (χ1n) is 14.8. The molecule has 0 spiro atoms. The minimum Gasteiger partial charge on any atom is -0.339 e. The van der Waals surface area contributed by atoms with Gasteiger partial charge in [-0.2, -0.15) is 0 Å². The monoisotopic (exact) mass is 666 g/mol. The van der Waals surface area contributed by atoms with Gasteiger partial charge in [0.25, 0.3) is 0 Å². The van der Waals surface area contributed by atoms with Gasteiger partial charge in [0, 0.05) is 49.0 Å². The molecule has 0 bridgehead atoms. The number of nitrogens with zero attached hydrogens (tertiary/aromatic N) is 3. The van der Waals surface area contributed by atoms with Gasteiger partial charge in [-0.15, -0.1) is 28.3 Å². The molecule has 4 aromatic rings. The van der Waals surface area contributed by atoms with Crippen LogP contribution >= 0.6 is 39.9 Å². The molecule has 42 heavy (non-hydrogen) atoms. The summed E-state index contributed by atoms with van der Waals surface area (Å²) in [5.74, 6) is 0.383. The smallest absolute Gasteiger partial charge is 0.239 e. The molecule has 2 aliphatic heterocycles. The van der Waals surface area contributed by atoms with Crippen molar-refractivity contribution in [3.63, 3.8) is 0 Å². The number of fused-ring (bicyclic) bond motifs is 1. The van der Waals surface area contributed by atoms with Crippen molar-refractivity contribution in [3.05, 3.63) is 94.3 Å². The molecule has 5 nitrogen and oxygen atoms in total. The van der Waals surface area contributed by atoms with Crippen LogP contribution in [0.25, 0.3) is 21.2 Å². The number of piperazine rings is 1. The molecule has 6 rings (SSSR count). The molecule has 0 aliphatic carbocycles. The fourth-order valence-electron chi connectivity index (χ4n) is 6.44. The molecule has 1 amide bonds. The molecule has 0 radical (unpaired) electrons. The molecule has 2 aliphatic rings. The molecular formula is C34H40BrClN4OS. The van der Waals surface area contributed by atoms with Crippen molar-refractivity contribution in [1.29, 1.82) is 0 Å². The highest BCUT2D eigenvalue weighted by molar-refractivity contribution is 8.93. The highest BCUT2D eigenvalue weighted by atomic mass is 79.9. The van der Waals surface area contributed by atoms with Crippen LogP contribution in [0.5, 0.6) is 0 Å². The number of rotatable bonds is 8. The summed E-state index contributed by atoms with van der Waals surface area (Å²) in [6.07, 6.45) is 2.89. The summed E-state index contributed by atoms with van der Waals surface area (Å²) in [5, 5.41) is 4.26. The highest BCUT2D eigenvalue weighted by Gasteiger charge is 2.32. The molecule has 0 saturated carbocycles. The first-order valence-corrected chi connectivity index (χ1v) is 16.1. The van der Waals surface area contributed by atoms with Gasteiger partial charge in [-0.25, -0.2) is 0 Å². The third-order valence-electron chi connectivity index (χ3n) is 8.91. The summed E-state index contributed by atoms with van der Waals surface area (Å²) in [4.78, 5) is 20.3. The van der Waals surface area contributed by atoms with E-state index in [0.29, 0.717) is 0 Å². The van der Waals surface area contributed by atoms with Crippen LogP contribution in [-0.4, -0.2) is 72.5 Å². The van der Waals surface area contributed by atoms with Crippen molar-refractivity contribution >= 4 is 55.9 Å². The van der Waals surface area contributed by atoms with Crippen LogP contribution in [0.15, 0.2) is 78.2 Å². The molecule has 3 aromatic carbocycles. The zero-order chi connectivity index (χ0) is 28.2. The Hall–Kier alpha value is -2.26. The maximum absolute atomic E-state index is 13.4. The van der Waals surface area contributed by atoms with Crippen molar-refractivity contribution < 1.29 is 4.79 Å². The zero-order valence-electron chi connectivity index (χ0n) is 24.0. The Morgan fingerprint density at radius 2 is 1.64 bits per heavy atom. The minimum atomic E-state index is -0.402. The van der Waals surface area contributed by atoms with E-state index in [1.807, 2.05) is 28.4 Å². The number of likely N-dealkylation sites (tertiary alicyclic amines) is 1. The second-order valence-electron chi connectivity index (χ2n) is 11.5. The molecule has 2 saturated heterocycles. The van der Waals surface area contributed by atoms with E-state index in [2.05, 4.69) is 75.8 Å². The molecule has 8 heteroatoms. The second-order valence-corrected chi connectivity index (χ2v) is 12.8. The summed E-state index contributed by atoms with van der Waals surface area (Å²) >= 11 is 8.18. The predicted octanol–water partition coefficient (Wildman–Crippen LogP) is 6.73. The first-order chi connectivity index (χ1) is 20.0. The van der Waals surface area contributed by atoms with Gasteiger partial charge in [-0.1, -0.05) is 66.2 Å². The lowest BCUT2D eigenvalue weighted by Crippen LogP contribution is -2.55. The van der Waals surface area contributed by atoms with Crippen LogP contribution in [0.4, 0.5) is 0 Å². The molecule has 3 heterocycles. The fraction of sp³-hybridized carbons (Fsp3) is 0.382. The number of hydrogen-bond acceptors (Lipinski definition) is 5. The summed E-state index contributed by atoms with van der Waals surface area (Å²) in [6, 6.07) is 25.1. The number of carbonyl (C=O) groups excluding carboxylic acids is 1. The van der Waals surface area contributed by atoms with Crippen molar-refractivity contribution in [3.8, 4) is 11.1 Å². The summed E-state index contributed by atoms with van der Waals surface area (Å²) in [6.45, 7) is 7.19. The molecule has 2 N–H and O–H groups in total. The predicted molar refractivity (Wildman–Crippen MR) is 182 cm³/mol. The Kier molecular flexibility index (Phi) is 10.7. The van der Waals surface area contributed by atoms with Crippen LogP contribution in [0.1, 0.15) is 24.0 Å². The number of carbonyl (C=O) groups is 1. The van der Waals surface area contributed by atoms with Gasteiger partial charge in [0.05, 0.1) is 6.04 Å². The number of thiophene rings is 1. The van der Waals surface area contributed by atoms with Crippen LogP contribution in [0.2, 0.25) is 5.02 Å². The molecule has 222 valence electrons. The van der Waals surface area contributed by atoms with Gasteiger partial charge in [0.15, 0.2) is 0 Å².